The summed E-state index contributed by atoms with van der Waals surface area (Å²) < 4.78 is 16.6. The van der Waals surface area contributed by atoms with Crippen LogP contribution in [0, 0.1) is 0 Å². The quantitative estimate of drug-likeness (QED) is 0.0272. The zero-order chi connectivity index (χ0) is 37.3. The second-order valence-electron chi connectivity index (χ2n) is 14.6. The number of unbranched alkanes of at least 4 members (excludes halogenated alkanes) is 24. The Hall–Kier alpha value is -2.11. The first-order chi connectivity index (χ1) is 25.0. The Morgan fingerprint density at radius 1 is 0.373 bits per heavy atom. The van der Waals surface area contributed by atoms with Crippen molar-refractivity contribution < 1.29 is 28.6 Å². The molecule has 0 aromatic carbocycles. The predicted octanol–water partition coefficient (Wildman–Crippen LogP) is 13.6. The van der Waals surface area contributed by atoms with Gasteiger partial charge in [0.15, 0.2) is 6.10 Å². The minimum atomic E-state index is -0.770. The number of carbonyl (C=O) groups excluding carboxylic acids is 3. The first kappa shape index (κ1) is 48.9. The summed E-state index contributed by atoms with van der Waals surface area (Å²) >= 11 is 0. The van der Waals surface area contributed by atoms with Gasteiger partial charge in [0.05, 0.1) is 0 Å². The Balaban J connectivity index is 4.28. The highest BCUT2D eigenvalue weighted by atomic mass is 16.6. The summed E-state index contributed by atoms with van der Waals surface area (Å²) in [4.78, 5) is 37.5. The highest BCUT2D eigenvalue weighted by molar-refractivity contribution is 5.71. The van der Waals surface area contributed by atoms with Gasteiger partial charge in [-0.05, 0) is 64.2 Å². The molecule has 298 valence electrons. The summed E-state index contributed by atoms with van der Waals surface area (Å²) in [7, 11) is 0. The Kier molecular flexibility index (Phi) is 39.0. The van der Waals surface area contributed by atoms with Crippen LogP contribution in [0.4, 0.5) is 0 Å². The molecule has 51 heavy (non-hydrogen) atoms. The fraction of sp³-hybridized carbons (Fsp3) is 0.844. The monoisotopic (exact) mass is 719 g/mol. The van der Waals surface area contributed by atoms with Crippen LogP contribution in [-0.2, 0) is 28.6 Å². The molecule has 0 amide bonds. The molecule has 0 saturated carbocycles. The minimum absolute atomic E-state index is 0.0760. The van der Waals surface area contributed by atoms with Gasteiger partial charge >= 0.3 is 17.9 Å². The standard InChI is InChI=1S/C45H82O6/c1-4-7-10-13-16-18-20-21-22-23-24-25-27-29-32-35-38-44(47)50-41-42(40-49-43(46)37-34-31-28-15-12-9-6-3)51-45(48)39-36-33-30-26-19-17-14-11-8-5-2/h11,14,22-23,42H,4-10,12-13,15-21,24-41H2,1-3H3/b14-11-,23-22-. The van der Waals surface area contributed by atoms with Crippen LogP contribution in [0.15, 0.2) is 24.3 Å². The molecular weight excluding hydrogens is 636 g/mol. The summed E-state index contributed by atoms with van der Waals surface area (Å²) in [6.45, 7) is 6.51. The van der Waals surface area contributed by atoms with Gasteiger partial charge in [0.2, 0.25) is 0 Å². The van der Waals surface area contributed by atoms with E-state index in [1.54, 1.807) is 0 Å². The van der Waals surface area contributed by atoms with E-state index in [0.29, 0.717) is 19.3 Å². The molecule has 0 rings (SSSR count). The molecule has 0 heterocycles. The number of hydrogen-bond acceptors (Lipinski definition) is 6. The average Bonchev–Trinajstić information content (AvgIpc) is 3.12. The summed E-state index contributed by atoms with van der Waals surface area (Å²) in [5.41, 5.74) is 0. The first-order valence-corrected chi connectivity index (χ1v) is 21.8. The van der Waals surface area contributed by atoms with Crippen LogP contribution in [0.2, 0.25) is 0 Å². The fourth-order valence-electron chi connectivity index (χ4n) is 6.08. The van der Waals surface area contributed by atoms with E-state index in [1.165, 1.54) is 103 Å². The maximum Gasteiger partial charge on any atom is 0.306 e. The molecule has 0 aromatic rings. The molecule has 0 N–H and O–H groups in total. The van der Waals surface area contributed by atoms with Gasteiger partial charge in [0, 0.05) is 19.3 Å². The van der Waals surface area contributed by atoms with Crippen LogP contribution in [0.25, 0.3) is 0 Å². The molecule has 6 nitrogen and oxygen atoms in total. The van der Waals surface area contributed by atoms with Crippen LogP contribution < -0.4 is 0 Å². The van der Waals surface area contributed by atoms with Gasteiger partial charge in [-0.3, -0.25) is 14.4 Å². The van der Waals surface area contributed by atoms with E-state index in [0.717, 1.165) is 83.5 Å². The number of hydrogen-bond donors (Lipinski definition) is 0. The van der Waals surface area contributed by atoms with Gasteiger partial charge in [-0.1, -0.05) is 167 Å². The van der Waals surface area contributed by atoms with Gasteiger partial charge in [-0.2, -0.15) is 0 Å². The Morgan fingerprint density at radius 3 is 1.06 bits per heavy atom. The van der Waals surface area contributed by atoms with E-state index >= 15 is 0 Å². The number of rotatable bonds is 39. The molecule has 0 spiro atoms. The zero-order valence-electron chi connectivity index (χ0n) is 33.9. The van der Waals surface area contributed by atoms with Crippen molar-refractivity contribution in [2.75, 3.05) is 13.2 Å². The van der Waals surface area contributed by atoms with Gasteiger partial charge in [0.1, 0.15) is 13.2 Å². The van der Waals surface area contributed by atoms with Gasteiger partial charge in [-0.15, -0.1) is 0 Å². The third-order valence-electron chi connectivity index (χ3n) is 9.41. The van der Waals surface area contributed by atoms with Gasteiger partial charge in [0.25, 0.3) is 0 Å². The number of carbonyl (C=O) groups is 3. The Bertz CT molecular complexity index is 835. The van der Waals surface area contributed by atoms with Crippen molar-refractivity contribution >= 4 is 17.9 Å². The van der Waals surface area contributed by atoms with Gasteiger partial charge < -0.3 is 14.2 Å². The highest BCUT2D eigenvalue weighted by Crippen LogP contribution is 2.13. The topological polar surface area (TPSA) is 78.9 Å². The van der Waals surface area contributed by atoms with Gasteiger partial charge in [-0.25, -0.2) is 0 Å². The molecule has 0 aliphatic carbocycles. The smallest absolute Gasteiger partial charge is 0.306 e. The van der Waals surface area contributed by atoms with Crippen LogP contribution in [0.5, 0.6) is 0 Å². The van der Waals surface area contributed by atoms with Crippen molar-refractivity contribution in [1.82, 2.24) is 0 Å². The lowest BCUT2D eigenvalue weighted by Crippen LogP contribution is -2.30. The molecule has 0 bridgehead atoms. The Morgan fingerprint density at radius 2 is 0.686 bits per heavy atom. The van der Waals surface area contributed by atoms with E-state index in [-0.39, 0.29) is 31.1 Å². The largest absolute Gasteiger partial charge is 0.462 e. The first-order valence-electron chi connectivity index (χ1n) is 21.8. The molecule has 1 unspecified atom stereocenters. The molecule has 0 saturated heterocycles. The average molecular weight is 719 g/mol. The van der Waals surface area contributed by atoms with E-state index in [4.69, 9.17) is 14.2 Å². The van der Waals surface area contributed by atoms with E-state index in [1.807, 2.05) is 0 Å². The fourth-order valence-corrected chi connectivity index (χ4v) is 6.08. The SMILES string of the molecule is CCC/C=C\CCCCCCCC(=O)OC(COC(=O)CCCCCCC/C=C\CCCCCCCCC)COC(=O)CCCCCCCCC. The highest BCUT2D eigenvalue weighted by Gasteiger charge is 2.19. The lowest BCUT2D eigenvalue weighted by molar-refractivity contribution is -0.167. The third kappa shape index (κ3) is 38.9. The lowest BCUT2D eigenvalue weighted by atomic mass is 10.1. The molecule has 0 aliphatic rings. The molecule has 0 aliphatic heterocycles. The second kappa shape index (κ2) is 40.7. The molecular formula is C45H82O6. The van der Waals surface area contributed by atoms with Crippen molar-refractivity contribution in [1.29, 1.82) is 0 Å². The van der Waals surface area contributed by atoms with Crippen molar-refractivity contribution in [2.24, 2.45) is 0 Å². The lowest BCUT2D eigenvalue weighted by Gasteiger charge is -2.18. The van der Waals surface area contributed by atoms with Crippen LogP contribution in [0.3, 0.4) is 0 Å². The summed E-state index contributed by atoms with van der Waals surface area (Å²) in [5.74, 6) is -0.901. The van der Waals surface area contributed by atoms with E-state index in [2.05, 4.69) is 45.1 Å². The minimum Gasteiger partial charge on any atom is -0.462 e. The zero-order valence-corrected chi connectivity index (χ0v) is 33.9. The second-order valence-corrected chi connectivity index (χ2v) is 14.6. The van der Waals surface area contributed by atoms with Crippen LogP contribution in [-0.4, -0.2) is 37.2 Å². The Labute approximate surface area is 315 Å². The van der Waals surface area contributed by atoms with Crippen molar-refractivity contribution in [2.45, 2.75) is 232 Å². The molecule has 6 heteroatoms. The molecule has 0 radical (unpaired) electrons. The van der Waals surface area contributed by atoms with E-state index in [9.17, 15) is 14.4 Å². The maximum absolute atomic E-state index is 12.6. The number of esters is 3. The number of ether oxygens (including phenoxy) is 3. The summed E-state index contributed by atoms with van der Waals surface area (Å²) in [5, 5.41) is 0. The van der Waals surface area contributed by atoms with Crippen LogP contribution >= 0.6 is 0 Å². The normalized spacial score (nSPS) is 12.1. The third-order valence-corrected chi connectivity index (χ3v) is 9.41. The van der Waals surface area contributed by atoms with Crippen molar-refractivity contribution in [3.63, 3.8) is 0 Å². The van der Waals surface area contributed by atoms with E-state index < -0.39 is 6.10 Å². The number of allylic oxidation sites excluding steroid dienone is 4. The maximum atomic E-state index is 12.6. The predicted molar refractivity (Wildman–Crippen MR) is 215 cm³/mol. The van der Waals surface area contributed by atoms with Crippen molar-refractivity contribution in [3.05, 3.63) is 24.3 Å². The van der Waals surface area contributed by atoms with Crippen LogP contribution in [0.1, 0.15) is 226 Å². The molecule has 0 fully saturated rings. The molecule has 1 atom stereocenters. The van der Waals surface area contributed by atoms with Crippen molar-refractivity contribution in [3.8, 4) is 0 Å². The molecule has 0 aromatic heterocycles. The summed E-state index contributed by atoms with van der Waals surface area (Å²) in [6.07, 6.45) is 43.2. The summed E-state index contributed by atoms with van der Waals surface area (Å²) in [6, 6.07) is 0.